The summed E-state index contributed by atoms with van der Waals surface area (Å²) in [7, 11) is 0. The normalized spacial score (nSPS) is 12.5. The second kappa shape index (κ2) is 8.32. The van der Waals surface area contributed by atoms with E-state index in [1.54, 1.807) is 4.90 Å². The first kappa shape index (κ1) is 19.6. The number of carbonyl (C=O) groups is 2. The van der Waals surface area contributed by atoms with Crippen molar-refractivity contribution in [3.05, 3.63) is 93.4 Å². The number of amides is 2. The van der Waals surface area contributed by atoms with E-state index >= 15 is 0 Å². The summed E-state index contributed by atoms with van der Waals surface area (Å²) in [6.45, 7) is 2.67. The molecule has 0 radical (unpaired) electrons. The summed E-state index contributed by atoms with van der Waals surface area (Å²) < 4.78 is 1.03. The van der Waals surface area contributed by atoms with E-state index in [1.807, 2.05) is 55.5 Å². The van der Waals surface area contributed by atoms with E-state index in [-0.39, 0.29) is 24.1 Å². The Bertz CT molecular complexity index is 1150. The largest absolute Gasteiger partial charge is 0.350 e. The average molecular weight is 402 g/mol. The fourth-order valence-corrected chi connectivity index (χ4v) is 3.46. The van der Waals surface area contributed by atoms with Gasteiger partial charge >= 0.3 is 0 Å². The molecule has 1 aliphatic rings. The highest BCUT2D eigenvalue weighted by atomic mass is 16.2. The lowest BCUT2D eigenvalue weighted by molar-refractivity contribution is -0.122. The van der Waals surface area contributed by atoms with Gasteiger partial charge in [-0.3, -0.25) is 14.4 Å². The zero-order valence-electron chi connectivity index (χ0n) is 16.7. The molecule has 7 nitrogen and oxygen atoms in total. The van der Waals surface area contributed by atoms with Crippen molar-refractivity contribution in [3.8, 4) is 0 Å². The molecule has 4 rings (SSSR count). The van der Waals surface area contributed by atoms with Crippen LogP contribution in [0.3, 0.4) is 0 Å². The number of anilines is 1. The number of nitrogens with one attached hydrogen (secondary N) is 1. The first-order valence-corrected chi connectivity index (χ1v) is 9.81. The predicted octanol–water partition coefficient (Wildman–Crippen LogP) is 2.07. The second-order valence-corrected chi connectivity index (χ2v) is 7.31. The van der Waals surface area contributed by atoms with Crippen molar-refractivity contribution in [2.45, 2.75) is 26.4 Å². The summed E-state index contributed by atoms with van der Waals surface area (Å²) in [5.41, 5.74) is 3.78. The molecular formula is C23H22N4O3. The summed E-state index contributed by atoms with van der Waals surface area (Å²) in [5, 5.41) is 6.93. The molecule has 3 aromatic rings. The van der Waals surface area contributed by atoms with Gasteiger partial charge in [-0.05, 0) is 36.6 Å². The van der Waals surface area contributed by atoms with Gasteiger partial charge in [0.05, 0.1) is 0 Å². The molecule has 30 heavy (non-hydrogen) atoms. The molecule has 0 saturated heterocycles. The number of para-hydroxylation sites is 1. The molecule has 0 spiro atoms. The Balaban J connectivity index is 1.45. The van der Waals surface area contributed by atoms with Gasteiger partial charge in [-0.25, -0.2) is 4.68 Å². The Labute approximate surface area is 174 Å². The van der Waals surface area contributed by atoms with Crippen LogP contribution in [0.2, 0.25) is 0 Å². The molecule has 7 heteroatoms. The molecule has 0 unspecified atom stereocenters. The van der Waals surface area contributed by atoms with E-state index in [0.717, 1.165) is 33.5 Å². The van der Waals surface area contributed by atoms with Gasteiger partial charge in [0.15, 0.2) is 0 Å². The minimum atomic E-state index is -0.432. The Hall–Kier alpha value is -3.74. The fourth-order valence-electron chi connectivity index (χ4n) is 3.46. The van der Waals surface area contributed by atoms with Gasteiger partial charge in [-0.2, -0.15) is 5.10 Å². The highest BCUT2D eigenvalue weighted by Crippen LogP contribution is 2.28. The first-order valence-electron chi connectivity index (χ1n) is 9.81. The van der Waals surface area contributed by atoms with Crippen LogP contribution < -0.4 is 15.8 Å². The van der Waals surface area contributed by atoms with Crippen molar-refractivity contribution in [2.24, 2.45) is 0 Å². The van der Waals surface area contributed by atoms with Crippen LogP contribution in [-0.4, -0.2) is 28.1 Å². The van der Waals surface area contributed by atoms with Gasteiger partial charge < -0.3 is 10.2 Å². The van der Waals surface area contributed by atoms with Crippen molar-refractivity contribution in [1.82, 2.24) is 15.1 Å². The fraction of sp³-hybridized carbons (Fsp3) is 0.217. The monoisotopic (exact) mass is 402 g/mol. The van der Waals surface area contributed by atoms with Crippen LogP contribution in [-0.2, 0) is 24.3 Å². The molecule has 1 aromatic heterocycles. The van der Waals surface area contributed by atoms with Crippen molar-refractivity contribution in [3.63, 3.8) is 0 Å². The number of fused-ring (bicyclic) bond motifs is 1. The van der Waals surface area contributed by atoms with Crippen LogP contribution in [0.5, 0.6) is 0 Å². The topological polar surface area (TPSA) is 84.3 Å². The Morgan fingerprint density at radius 2 is 1.80 bits per heavy atom. The average Bonchev–Trinajstić information content (AvgIpc) is 3.18. The van der Waals surface area contributed by atoms with Gasteiger partial charge in [0.25, 0.3) is 11.5 Å². The zero-order valence-corrected chi connectivity index (χ0v) is 16.7. The molecule has 1 aliphatic heterocycles. The first-order chi connectivity index (χ1) is 14.5. The number of aryl methyl sites for hydroxylation is 1. The molecule has 0 saturated carbocycles. The molecule has 2 heterocycles. The van der Waals surface area contributed by atoms with Gasteiger partial charge in [0, 0.05) is 24.8 Å². The molecule has 0 atom stereocenters. The molecule has 0 aliphatic carbocycles. The SMILES string of the molecule is Cc1ccc(CNC(=O)Cn2nc(C(=O)N3CCc4ccccc43)ccc2=O)cc1. The zero-order chi connectivity index (χ0) is 21.1. The van der Waals surface area contributed by atoms with Crippen LogP contribution in [0.4, 0.5) is 5.69 Å². The summed E-state index contributed by atoms with van der Waals surface area (Å²) in [6, 6.07) is 18.2. The maximum Gasteiger partial charge on any atom is 0.278 e. The maximum atomic E-state index is 12.9. The van der Waals surface area contributed by atoms with Crippen molar-refractivity contribution >= 4 is 17.5 Å². The van der Waals surface area contributed by atoms with E-state index in [2.05, 4.69) is 10.4 Å². The number of rotatable bonds is 5. The second-order valence-electron chi connectivity index (χ2n) is 7.31. The molecule has 152 valence electrons. The lowest BCUT2D eigenvalue weighted by Gasteiger charge is -2.17. The van der Waals surface area contributed by atoms with Crippen molar-refractivity contribution < 1.29 is 9.59 Å². The van der Waals surface area contributed by atoms with Crippen molar-refractivity contribution in [2.75, 3.05) is 11.4 Å². The van der Waals surface area contributed by atoms with E-state index in [1.165, 1.54) is 12.1 Å². The molecule has 2 aromatic carbocycles. The number of benzene rings is 2. The highest BCUT2D eigenvalue weighted by molar-refractivity contribution is 6.05. The minimum absolute atomic E-state index is 0.137. The lowest BCUT2D eigenvalue weighted by atomic mass is 10.1. The van der Waals surface area contributed by atoms with E-state index in [9.17, 15) is 14.4 Å². The molecule has 1 N–H and O–H groups in total. The van der Waals surface area contributed by atoms with E-state index < -0.39 is 5.56 Å². The van der Waals surface area contributed by atoms with Gasteiger partial charge in [0.1, 0.15) is 12.2 Å². The number of carbonyl (C=O) groups excluding carboxylic acids is 2. The summed E-state index contributed by atoms with van der Waals surface area (Å²) >= 11 is 0. The minimum Gasteiger partial charge on any atom is -0.350 e. The molecule has 2 amide bonds. The predicted molar refractivity (Wildman–Crippen MR) is 113 cm³/mol. The van der Waals surface area contributed by atoms with Crippen LogP contribution in [0.15, 0.2) is 65.5 Å². The summed E-state index contributed by atoms with van der Waals surface area (Å²) in [4.78, 5) is 39.1. The Morgan fingerprint density at radius 3 is 2.60 bits per heavy atom. The third-order valence-corrected chi connectivity index (χ3v) is 5.12. The third-order valence-electron chi connectivity index (χ3n) is 5.12. The highest BCUT2D eigenvalue weighted by Gasteiger charge is 2.26. The number of nitrogens with zero attached hydrogens (tertiary/aromatic N) is 3. The summed E-state index contributed by atoms with van der Waals surface area (Å²) in [5.74, 6) is -0.630. The quantitative estimate of drug-likeness (QED) is 0.708. The summed E-state index contributed by atoms with van der Waals surface area (Å²) in [6.07, 6.45) is 0.781. The third kappa shape index (κ3) is 4.15. The van der Waals surface area contributed by atoms with Gasteiger partial charge in [0.2, 0.25) is 5.91 Å². The standard InChI is InChI=1S/C23H22N4O3/c1-16-6-8-17(9-7-16)14-24-21(28)15-27-22(29)11-10-19(25-27)23(30)26-13-12-18-4-2-3-5-20(18)26/h2-11H,12-15H2,1H3,(H,24,28). The van der Waals surface area contributed by atoms with Gasteiger partial charge in [-0.1, -0.05) is 48.0 Å². The molecule has 0 bridgehead atoms. The van der Waals surface area contributed by atoms with Crippen LogP contribution in [0.1, 0.15) is 27.2 Å². The van der Waals surface area contributed by atoms with Crippen LogP contribution >= 0.6 is 0 Å². The maximum absolute atomic E-state index is 12.9. The van der Waals surface area contributed by atoms with Crippen LogP contribution in [0.25, 0.3) is 0 Å². The van der Waals surface area contributed by atoms with Gasteiger partial charge in [-0.15, -0.1) is 0 Å². The number of hydrogen-bond acceptors (Lipinski definition) is 4. The van der Waals surface area contributed by atoms with E-state index in [0.29, 0.717) is 13.1 Å². The number of hydrogen-bond donors (Lipinski definition) is 1. The van der Waals surface area contributed by atoms with Crippen molar-refractivity contribution in [1.29, 1.82) is 0 Å². The Kier molecular flexibility index (Phi) is 5.43. The molecule has 0 fully saturated rings. The van der Waals surface area contributed by atoms with Crippen LogP contribution in [0, 0.1) is 6.92 Å². The number of aromatic nitrogens is 2. The Morgan fingerprint density at radius 1 is 1.03 bits per heavy atom. The lowest BCUT2D eigenvalue weighted by Crippen LogP contribution is -2.36. The van der Waals surface area contributed by atoms with E-state index in [4.69, 9.17) is 0 Å². The molecular weight excluding hydrogens is 380 g/mol. The smallest absolute Gasteiger partial charge is 0.278 e.